The average molecular weight is 390 g/mol. The molecular formula is C21H32FN5O. The van der Waals surface area contributed by atoms with E-state index in [1.165, 1.54) is 0 Å². The monoisotopic (exact) mass is 389 g/mol. The molecule has 1 aromatic rings. The Morgan fingerprint density at radius 3 is 2.89 bits per heavy atom. The van der Waals surface area contributed by atoms with Gasteiger partial charge in [-0.2, -0.15) is 0 Å². The predicted molar refractivity (Wildman–Crippen MR) is 111 cm³/mol. The van der Waals surface area contributed by atoms with E-state index in [0.29, 0.717) is 23.9 Å². The van der Waals surface area contributed by atoms with E-state index in [4.69, 9.17) is 4.74 Å². The number of allylic oxidation sites excluding steroid dienone is 1. The third-order valence-corrected chi connectivity index (χ3v) is 5.83. The molecule has 0 radical (unpaired) electrons. The predicted octanol–water partition coefficient (Wildman–Crippen LogP) is 2.13. The van der Waals surface area contributed by atoms with Gasteiger partial charge in [0.25, 0.3) is 0 Å². The standard InChI is InChI=1S/C21H32FN5O/c1-12-9-14(5-4-7-24-12)18-19(22)16(11-15-6-8-28-20(15)18)26-21-25-13(2)10-17(23-3)27-21/h9,11-13,17,21,23-27H,4-8,10H2,1-3H3/t12-,13?,17?,21?/m0/s1. The molecule has 6 nitrogen and oxygen atoms in total. The lowest BCUT2D eigenvalue weighted by molar-refractivity contribution is 0.249. The van der Waals surface area contributed by atoms with Gasteiger partial charge in [-0.3, -0.25) is 10.6 Å². The molecule has 0 saturated carbocycles. The summed E-state index contributed by atoms with van der Waals surface area (Å²) in [6, 6.07) is 2.47. The normalized spacial score (nSPS) is 30.2. The first-order valence-corrected chi connectivity index (χ1v) is 10.4. The lowest BCUT2D eigenvalue weighted by Gasteiger charge is -2.37. The minimum Gasteiger partial charge on any atom is -0.492 e. The molecule has 1 fully saturated rings. The van der Waals surface area contributed by atoms with Crippen LogP contribution in [0.4, 0.5) is 10.1 Å². The maximum Gasteiger partial charge on any atom is 0.157 e. The smallest absolute Gasteiger partial charge is 0.157 e. The summed E-state index contributed by atoms with van der Waals surface area (Å²) in [5.41, 5.74) is 3.29. The number of hydrogen-bond acceptors (Lipinski definition) is 6. The van der Waals surface area contributed by atoms with Crippen LogP contribution >= 0.6 is 0 Å². The quantitative estimate of drug-likeness (QED) is 0.544. The number of anilines is 1. The van der Waals surface area contributed by atoms with Gasteiger partial charge in [-0.15, -0.1) is 0 Å². The highest BCUT2D eigenvalue weighted by atomic mass is 19.1. The van der Waals surface area contributed by atoms with E-state index in [0.717, 1.165) is 49.1 Å². The van der Waals surface area contributed by atoms with E-state index in [1.807, 2.05) is 13.1 Å². The van der Waals surface area contributed by atoms with E-state index in [9.17, 15) is 0 Å². The summed E-state index contributed by atoms with van der Waals surface area (Å²) in [5.74, 6) is 0.512. The highest BCUT2D eigenvalue weighted by Gasteiger charge is 2.29. The van der Waals surface area contributed by atoms with Crippen LogP contribution in [0.25, 0.3) is 5.57 Å². The number of hydrogen-bond donors (Lipinski definition) is 5. The fraction of sp³-hybridized carbons (Fsp3) is 0.619. The van der Waals surface area contributed by atoms with Crippen molar-refractivity contribution >= 4 is 11.3 Å². The van der Waals surface area contributed by atoms with Crippen LogP contribution < -0.4 is 31.3 Å². The van der Waals surface area contributed by atoms with E-state index in [2.05, 4.69) is 46.5 Å². The first kappa shape index (κ1) is 19.6. The van der Waals surface area contributed by atoms with Crippen molar-refractivity contribution in [1.82, 2.24) is 21.3 Å². The van der Waals surface area contributed by atoms with Crippen LogP contribution in [0.2, 0.25) is 0 Å². The molecule has 7 heteroatoms. The molecule has 0 amide bonds. The van der Waals surface area contributed by atoms with Gasteiger partial charge in [0, 0.05) is 24.1 Å². The summed E-state index contributed by atoms with van der Waals surface area (Å²) >= 11 is 0. The minimum absolute atomic E-state index is 0.186. The van der Waals surface area contributed by atoms with Crippen LogP contribution in [0, 0.1) is 5.82 Å². The third kappa shape index (κ3) is 4.03. The summed E-state index contributed by atoms with van der Waals surface area (Å²) < 4.78 is 21.6. The van der Waals surface area contributed by atoms with Gasteiger partial charge in [0.1, 0.15) is 12.0 Å². The molecule has 0 bridgehead atoms. The molecule has 28 heavy (non-hydrogen) atoms. The fourth-order valence-corrected chi connectivity index (χ4v) is 4.43. The summed E-state index contributed by atoms with van der Waals surface area (Å²) in [7, 11) is 1.94. The summed E-state index contributed by atoms with van der Waals surface area (Å²) in [6.45, 7) is 5.82. The van der Waals surface area contributed by atoms with Crippen molar-refractivity contribution in [2.75, 3.05) is 25.5 Å². The largest absolute Gasteiger partial charge is 0.492 e. The van der Waals surface area contributed by atoms with E-state index < -0.39 is 0 Å². The van der Waals surface area contributed by atoms with Crippen molar-refractivity contribution in [3.8, 4) is 5.75 Å². The van der Waals surface area contributed by atoms with Gasteiger partial charge in [-0.1, -0.05) is 6.08 Å². The molecule has 154 valence electrons. The molecule has 0 aliphatic carbocycles. The maximum atomic E-state index is 15.7. The van der Waals surface area contributed by atoms with Crippen LogP contribution in [0.3, 0.4) is 0 Å². The van der Waals surface area contributed by atoms with Crippen LogP contribution in [0.5, 0.6) is 5.75 Å². The highest BCUT2D eigenvalue weighted by Crippen LogP contribution is 2.41. The van der Waals surface area contributed by atoms with E-state index in [-0.39, 0.29) is 24.3 Å². The van der Waals surface area contributed by atoms with Crippen LogP contribution in [-0.4, -0.2) is 44.7 Å². The van der Waals surface area contributed by atoms with Gasteiger partial charge in [-0.25, -0.2) is 4.39 Å². The highest BCUT2D eigenvalue weighted by molar-refractivity contribution is 5.77. The zero-order chi connectivity index (χ0) is 19.7. The topological polar surface area (TPSA) is 69.4 Å². The Hall–Kier alpha value is -1.67. The first-order valence-electron chi connectivity index (χ1n) is 10.4. The van der Waals surface area contributed by atoms with Crippen LogP contribution in [-0.2, 0) is 6.42 Å². The Kier molecular flexibility index (Phi) is 5.87. The van der Waals surface area contributed by atoms with Gasteiger partial charge < -0.3 is 20.7 Å². The molecule has 3 unspecified atom stereocenters. The molecule has 3 heterocycles. The van der Waals surface area contributed by atoms with Crippen molar-refractivity contribution in [3.05, 3.63) is 29.1 Å². The molecule has 0 aromatic heterocycles. The van der Waals surface area contributed by atoms with Crippen molar-refractivity contribution in [1.29, 1.82) is 0 Å². The number of benzene rings is 1. The first-order chi connectivity index (χ1) is 13.5. The van der Waals surface area contributed by atoms with Crippen molar-refractivity contribution < 1.29 is 9.13 Å². The van der Waals surface area contributed by atoms with Crippen LogP contribution in [0.1, 0.15) is 44.2 Å². The number of nitrogens with one attached hydrogen (secondary N) is 5. The fourth-order valence-electron chi connectivity index (χ4n) is 4.43. The van der Waals surface area contributed by atoms with Crippen molar-refractivity contribution in [3.63, 3.8) is 0 Å². The summed E-state index contributed by atoms with van der Waals surface area (Å²) in [6.07, 6.45) is 5.77. The Bertz CT molecular complexity index is 753. The molecule has 3 aliphatic heterocycles. The minimum atomic E-state index is -0.219. The van der Waals surface area contributed by atoms with Gasteiger partial charge >= 0.3 is 0 Å². The SMILES string of the molecule is CNC1CC(C)NC(Nc2cc3c(c(C4=C[C@H](C)NCCC4)c2F)OCC3)N1. The second-order valence-corrected chi connectivity index (χ2v) is 8.13. The van der Waals surface area contributed by atoms with Gasteiger partial charge in [0.15, 0.2) is 5.82 Å². The zero-order valence-corrected chi connectivity index (χ0v) is 17.0. The zero-order valence-electron chi connectivity index (χ0n) is 17.0. The molecule has 1 aromatic carbocycles. The molecule has 1 saturated heterocycles. The Labute approximate surface area is 166 Å². The second-order valence-electron chi connectivity index (χ2n) is 8.13. The van der Waals surface area contributed by atoms with Gasteiger partial charge in [0.2, 0.25) is 0 Å². The van der Waals surface area contributed by atoms with Gasteiger partial charge in [-0.05, 0) is 58.3 Å². The molecule has 0 spiro atoms. The third-order valence-electron chi connectivity index (χ3n) is 5.83. The Balaban J connectivity index is 1.67. The maximum absolute atomic E-state index is 15.7. The Morgan fingerprint density at radius 2 is 2.07 bits per heavy atom. The number of rotatable bonds is 4. The lowest BCUT2D eigenvalue weighted by Crippen LogP contribution is -2.63. The average Bonchev–Trinajstić information content (AvgIpc) is 3.01. The lowest BCUT2D eigenvalue weighted by atomic mass is 9.95. The molecule has 5 N–H and O–H groups in total. The number of fused-ring (bicyclic) bond motifs is 1. The molecule has 4 rings (SSSR count). The summed E-state index contributed by atoms with van der Waals surface area (Å²) in [4.78, 5) is 0. The molecule has 4 atom stereocenters. The van der Waals surface area contributed by atoms with Gasteiger partial charge in [0.05, 0.1) is 24.0 Å². The Morgan fingerprint density at radius 1 is 1.21 bits per heavy atom. The van der Waals surface area contributed by atoms with Crippen molar-refractivity contribution in [2.45, 2.75) is 64.1 Å². The van der Waals surface area contributed by atoms with Crippen LogP contribution in [0.15, 0.2) is 12.1 Å². The number of ether oxygens (including phenoxy) is 1. The van der Waals surface area contributed by atoms with Crippen molar-refractivity contribution in [2.24, 2.45) is 0 Å². The molecular weight excluding hydrogens is 357 g/mol. The van der Waals surface area contributed by atoms with E-state index in [1.54, 1.807) is 0 Å². The molecule has 3 aliphatic rings. The summed E-state index contributed by atoms with van der Waals surface area (Å²) in [5, 5.41) is 16.9. The number of halogens is 1. The van der Waals surface area contributed by atoms with E-state index >= 15 is 4.39 Å². The second kappa shape index (κ2) is 8.37.